The third-order valence-corrected chi connectivity index (χ3v) is 0.203. The van der Waals surface area contributed by atoms with Crippen LogP contribution in [-0.4, -0.2) is 25.0 Å². The van der Waals surface area contributed by atoms with E-state index in [9.17, 15) is 4.79 Å². The van der Waals surface area contributed by atoms with Crippen LogP contribution in [0, 0.1) is 14.2 Å². The first-order valence-corrected chi connectivity index (χ1v) is 2.41. The van der Waals surface area contributed by atoms with Crippen molar-refractivity contribution in [3.05, 3.63) is 14.2 Å². The first-order chi connectivity index (χ1) is 4.00. The molecule has 0 rings (SSSR count). The lowest BCUT2D eigenvalue weighted by atomic mass is 10.8. The average Bonchev–Trinajstić information content (AvgIpc) is 1.65. The molecule has 0 atom stereocenters. The average molecular weight is 131 g/mol. The molecule has 0 aromatic heterocycles. The van der Waals surface area contributed by atoms with E-state index in [0.717, 1.165) is 0 Å². The van der Waals surface area contributed by atoms with E-state index in [1.807, 2.05) is 14.1 Å². The summed E-state index contributed by atoms with van der Waals surface area (Å²) in [6.07, 6.45) is 0. The highest BCUT2D eigenvalue weighted by Crippen LogP contribution is 1.63. The monoisotopic (exact) mass is 131 g/mol. The summed E-state index contributed by atoms with van der Waals surface area (Å²) in [5.74, 6) is -0.356. The second-order valence-electron chi connectivity index (χ2n) is 1.72. The van der Waals surface area contributed by atoms with Gasteiger partial charge in [-0.2, -0.15) is 0 Å². The van der Waals surface area contributed by atoms with Crippen molar-refractivity contribution < 1.29 is 9.53 Å². The molecule has 0 aliphatic carbocycles. The van der Waals surface area contributed by atoms with Crippen LogP contribution in [0.25, 0.3) is 0 Å². The van der Waals surface area contributed by atoms with E-state index in [0.29, 0.717) is 0 Å². The Morgan fingerprint density at radius 3 is 1.67 bits per heavy atom. The zero-order valence-corrected chi connectivity index (χ0v) is 6.18. The van der Waals surface area contributed by atoms with E-state index in [1.54, 1.807) is 4.90 Å². The summed E-state index contributed by atoms with van der Waals surface area (Å²) < 4.78 is 3.86. The van der Waals surface area contributed by atoms with Crippen LogP contribution in [0.4, 0.5) is 0 Å². The van der Waals surface area contributed by atoms with Gasteiger partial charge in [-0.3, -0.25) is 4.79 Å². The number of carbonyl (C=O) groups excluding carboxylic acids is 1. The zero-order valence-electron chi connectivity index (χ0n) is 6.18. The topological polar surface area (TPSA) is 29.5 Å². The van der Waals surface area contributed by atoms with Gasteiger partial charge in [-0.05, 0) is 14.1 Å². The molecule has 0 heterocycles. The third-order valence-electron chi connectivity index (χ3n) is 0.203. The maximum Gasteiger partial charge on any atom is 0.302 e. The molecule has 2 radical (unpaired) electrons. The fourth-order valence-electron chi connectivity index (χ4n) is 0. The number of rotatable bonds is 0. The molecule has 3 nitrogen and oxygen atoms in total. The lowest BCUT2D eigenvalue weighted by molar-refractivity contribution is -0.135. The van der Waals surface area contributed by atoms with Gasteiger partial charge in [0, 0.05) is 14.0 Å². The van der Waals surface area contributed by atoms with Crippen molar-refractivity contribution in [1.82, 2.24) is 4.90 Å². The van der Waals surface area contributed by atoms with Crippen LogP contribution in [0.1, 0.15) is 6.92 Å². The maximum absolute atomic E-state index is 9.53. The first-order valence-electron chi connectivity index (χ1n) is 2.41. The van der Waals surface area contributed by atoms with Gasteiger partial charge in [-0.25, -0.2) is 0 Å². The summed E-state index contributed by atoms with van der Waals surface area (Å²) in [5, 5.41) is 0. The number of hydrogen-bond donors (Lipinski definition) is 0. The molecule has 0 saturated heterocycles. The molecule has 0 aromatic carbocycles. The van der Waals surface area contributed by atoms with Crippen molar-refractivity contribution >= 4 is 5.97 Å². The Balaban J connectivity index is 0. The Morgan fingerprint density at radius 2 is 1.67 bits per heavy atom. The van der Waals surface area contributed by atoms with E-state index in [2.05, 4.69) is 18.9 Å². The minimum absolute atomic E-state index is 0.356. The summed E-state index contributed by atoms with van der Waals surface area (Å²) in [6, 6.07) is 0. The SMILES string of the molecule is [CH2]N(C)C.[CH2]OC(C)=O. The largest absolute Gasteiger partial charge is 0.462 e. The van der Waals surface area contributed by atoms with Crippen LogP contribution in [0.5, 0.6) is 0 Å². The maximum atomic E-state index is 9.53. The summed E-state index contributed by atoms with van der Waals surface area (Å²) in [5.41, 5.74) is 0. The van der Waals surface area contributed by atoms with Crippen LogP contribution >= 0.6 is 0 Å². The van der Waals surface area contributed by atoms with Gasteiger partial charge in [0.1, 0.15) is 7.11 Å². The number of ether oxygens (including phenoxy) is 1. The smallest absolute Gasteiger partial charge is 0.302 e. The normalized spacial score (nSPS) is 7.78. The lowest BCUT2D eigenvalue weighted by Crippen LogP contribution is -1.95. The molecular weight excluding hydrogens is 118 g/mol. The van der Waals surface area contributed by atoms with Crippen molar-refractivity contribution in [3.8, 4) is 0 Å². The summed E-state index contributed by atoms with van der Waals surface area (Å²) in [4.78, 5) is 11.3. The molecule has 9 heavy (non-hydrogen) atoms. The molecule has 0 unspecified atom stereocenters. The standard InChI is InChI=1S/C3H8N.C3H5O2/c1-4(2)3;1-3(4)5-2/h1H2,2-3H3;2H2,1H3. The molecular formula is C6H13NO2. The summed E-state index contributed by atoms with van der Waals surface area (Å²) >= 11 is 0. The van der Waals surface area contributed by atoms with E-state index >= 15 is 0 Å². The van der Waals surface area contributed by atoms with Crippen LogP contribution in [0.15, 0.2) is 0 Å². The van der Waals surface area contributed by atoms with Crippen molar-refractivity contribution in [3.63, 3.8) is 0 Å². The van der Waals surface area contributed by atoms with Gasteiger partial charge in [-0.1, -0.05) is 0 Å². The van der Waals surface area contributed by atoms with Crippen molar-refractivity contribution in [1.29, 1.82) is 0 Å². The first kappa shape index (κ1) is 11.3. The minimum atomic E-state index is -0.356. The molecule has 54 valence electrons. The Labute approximate surface area is 56.6 Å². The summed E-state index contributed by atoms with van der Waals surface area (Å²) in [6.45, 7) is 1.30. The van der Waals surface area contributed by atoms with E-state index in [-0.39, 0.29) is 5.97 Å². The van der Waals surface area contributed by atoms with Crippen LogP contribution in [0.3, 0.4) is 0 Å². The second kappa shape index (κ2) is 7.43. The molecule has 0 aromatic rings. The van der Waals surface area contributed by atoms with Gasteiger partial charge >= 0.3 is 5.97 Å². The molecule has 0 bridgehead atoms. The molecule has 0 saturated carbocycles. The van der Waals surface area contributed by atoms with Gasteiger partial charge < -0.3 is 9.64 Å². The molecule has 0 fully saturated rings. The molecule has 0 spiro atoms. The van der Waals surface area contributed by atoms with Gasteiger partial charge in [0.05, 0.1) is 0 Å². The quantitative estimate of drug-likeness (QED) is 0.453. The highest BCUT2D eigenvalue weighted by Gasteiger charge is 1.76. The Hall–Kier alpha value is -0.570. The van der Waals surface area contributed by atoms with E-state index in [1.165, 1.54) is 6.92 Å². The Bertz CT molecular complexity index is 68.7. The van der Waals surface area contributed by atoms with E-state index < -0.39 is 0 Å². The van der Waals surface area contributed by atoms with Gasteiger partial charge in [0.15, 0.2) is 0 Å². The van der Waals surface area contributed by atoms with Crippen LogP contribution in [-0.2, 0) is 9.53 Å². The predicted molar refractivity (Wildman–Crippen MR) is 36.2 cm³/mol. The highest BCUT2D eigenvalue weighted by molar-refractivity contribution is 5.65. The van der Waals surface area contributed by atoms with Gasteiger partial charge in [0.2, 0.25) is 0 Å². The van der Waals surface area contributed by atoms with Crippen molar-refractivity contribution in [2.24, 2.45) is 0 Å². The summed E-state index contributed by atoms with van der Waals surface area (Å²) in [7, 11) is 10.1. The third kappa shape index (κ3) is 107. The van der Waals surface area contributed by atoms with E-state index in [4.69, 9.17) is 0 Å². The molecule has 0 aliphatic heterocycles. The van der Waals surface area contributed by atoms with Crippen LogP contribution < -0.4 is 0 Å². The number of hydrogen-bond acceptors (Lipinski definition) is 3. The fraction of sp³-hybridized carbons (Fsp3) is 0.500. The molecule has 0 aliphatic rings. The number of carbonyl (C=O) groups is 1. The molecule has 0 N–H and O–H groups in total. The second-order valence-corrected chi connectivity index (χ2v) is 1.72. The number of esters is 1. The van der Waals surface area contributed by atoms with Crippen LogP contribution in [0.2, 0.25) is 0 Å². The molecule has 0 amide bonds. The lowest BCUT2D eigenvalue weighted by Gasteiger charge is -1.89. The fourth-order valence-corrected chi connectivity index (χ4v) is 0. The zero-order chi connectivity index (χ0) is 7.86. The highest BCUT2D eigenvalue weighted by atomic mass is 16.5. The predicted octanol–water partition coefficient (Wildman–Crippen LogP) is 0.681. The number of nitrogens with zero attached hydrogens (tertiary/aromatic N) is 1. The van der Waals surface area contributed by atoms with Crippen molar-refractivity contribution in [2.45, 2.75) is 6.92 Å². The Morgan fingerprint density at radius 1 is 1.56 bits per heavy atom. The van der Waals surface area contributed by atoms with Gasteiger partial charge in [-0.15, -0.1) is 0 Å². The molecule has 3 heteroatoms. The Kier molecular flexibility index (Phi) is 9.29. The minimum Gasteiger partial charge on any atom is -0.462 e. The van der Waals surface area contributed by atoms with Gasteiger partial charge in [0.25, 0.3) is 0 Å². The van der Waals surface area contributed by atoms with Crippen molar-refractivity contribution in [2.75, 3.05) is 14.1 Å².